The standard InChI is InChI=1S/C8H7BrN4O/c1-5-2-7(13-12-5)14-8-10-3-6(9)4-11-8/h2-4H,1H3,(H,12,13). The fraction of sp³-hybridized carbons (Fsp3) is 0.125. The van der Waals surface area contributed by atoms with Crippen LogP contribution in [0.5, 0.6) is 11.9 Å². The Hall–Kier alpha value is -1.43. The van der Waals surface area contributed by atoms with Gasteiger partial charge in [0.25, 0.3) is 0 Å². The van der Waals surface area contributed by atoms with Crippen LogP contribution in [-0.4, -0.2) is 20.2 Å². The molecule has 0 spiro atoms. The van der Waals surface area contributed by atoms with Crippen molar-refractivity contribution in [3.63, 3.8) is 0 Å². The van der Waals surface area contributed by atoms with Crippen LogP contribution < -0.4 is 4.74 Å². The second-order valence-electron chi connectivity index (χ2n) is 2.68. The van der Waals surface area contributed by atoms with Crippen molar-refractivity contribution in [3.8, 4) is 11.9 Å². The van der Waals surface area contributed by atoms with E-state index in [1.807, 2.05) is 6.92 Å². The van der Waals surface area contributed by atoms with Gasteiger partial charge in [0.05, 0.1) is 4.47 Å². The summed E-state index contributed by atoms with van der Waals surface area (Å²) in [5, 5.41) is 6.65. The van der Waals surface area contributed by atoms with Crippen molar-refractivity contribution in [1.29, 1.82) is 0 Å². The molecule has 0 radical (unpaired) electrons. The molecule has 1 N–H and O–H groups in total. The van der Waals surface area contributed by atoms with Crippen LogP contribution in [0.25, 0.3) is 0 Å². The minimum Gasteiger partial charge on any atom is -0.404 e. The van der Waals surface area contributed by atoms with E-state index in [-0.39, 0.29) is 6.01 Å². The van der Waals surface area contributed by atoms with Gasteiger partial charge in [0.15, 0.2) is 0 Å². The number of nitrogens with zero attached hydrogens (tertiary/aromatic N) is 3. The van der Waals surface area contributed by atoms with Gasteiger partial charge in [-0.25, -0.2) is 9.97 Å². The highest BCUT2D eigenvalue weighted by atomic mass is 79.9. The van der Waals surface area contributed by atoms with E-state index in [0.29, 0.717) is 5.88 Å². The summed E-state index contributed by atoms with van der Waals surface area (Å²) in [6.45, 7) is 1.89. The molecule has 0 saturated carbocycles. The van der Waals surface area contributed by atoms with Crippen LogP contribution in [0.4, 0.5) is 0 Å². The predicted octanol–water partition coefficient (Wildman–Crippen LogP) is 2.06. The van der Waals surface area contributed by atoms with Gasteiger partial charge < -0.3 is 4.74 Å². The lowest BCUT2D eigenvalue weighted by Gasteiger charge is -1.97. The Morgan fingerprint density at radius 2 is 2.07 bits per heavy atom. The zero-order valence-corrected chi connectivity index (χ0v) is 8.95. The molecule has 2 rings (SSSR count). The molecule has 0 amide bonds. The normalized spacial score (nSPS) is 10.1. The first-order valence-electron chi connectivity index (χ1n) is 3.91. The largest absolute Gasteiger partial charge is 0.404 e. The Labute approximate surface area is 88.7 Å². The molecule has 0 aliphatic carbocycles. The van der Waals surface area contributed by atoms with Crippen LogP contribution in [0.2, 0.25) is 0 Å². The van der Waals surface area contributed by atoms with Gasteiger partial charge in [0.1, 0.15) is 0 Å². The summed E-state index contributed by atoms with van der Waals surface area (Å²) >= 11 is 3.23. The highest BCUT2D eigenvalue weighted by Gasteiger charge is 2.02. The third kappa shape index (κ3) is 2.08. The molecule has 14 heavy (non-hydrogen) atoms. The molecule has 0 bridgehead atoms. The van der Waals surface area contributed by atoms with Crippen molar-refractivity contribution in [2.24, 2.45) is 0 Å². The maximum absolute atomic E-state index is 5.27. The molecule has 72 valence electrons. The maximum atomic E-state index is 5.27. The first kappa shape index (κ1) is 9.14. The molecule has 0 aromatic carbocycles. The van der Waals surface area contributed by atoms with Crippen LogP contribution >= 0.6 is 15.9 Å². The Balaban J connectivity index is 2.15. The molecule has 0 fully saturated rings. The molecule has 2 heterocycles. The molecule has 0 aliphatic heterocycles. The van der Waals surface area contributed by atoms with E-state index in [1.165, 1.54) is 0 Å². The van der Waals surface area contributed by atoms with Gasteiger partial charge in [-0.3, -0.25) is 5.10 Å². The van der Waals surface area contributed by atoms with E-state index in [2.05, 4.69) is 36.1 Å². The number of halogens is 1. The summed E-state index contributed by atoms with van der Waals surface area (Å²) in [6.07, 6.45) is 3.23. The van der Waals surface area contributed by atoms with Gasteiger partial charge in [-0.1, -0.05) is 0 Å². The minimum atomic E-state index is 0.278. The van der Waals surface area contributed by atoms with Gasteiger partial charge >= 0.3 is 6.01 Å². The zero-order chi connectivity index (χ0) is 9.97. The fourth-order valence-electron chi connectivity index (χ4n) is 0.892. The number of ether oxygens (including phenoxy) is 1. The van der Waals surface area contributed by atoms with E-state index >= 15 is 0 Å². The highest BCUT2D eigenvalue weighted by Crippen LogP contribution is 2.15. The minimum absolute atomic E-state index is 0.278. The Morgan fingerprint density at radius 1 is 1.36 bits per heavy atom. The summed E-state index contributed by atoms with van der Waals surface area (Å²) < 4.78 is 6.08. The Kier molecular flexibility index (Phi) is 2.45. The molecular weight excluding hydrogens is 248 g/mol. The summed E-state index contributed by atoms with van der Waals surface area (Å²) in [6, 6.07) is 2.05. The Bertz CT molecular complexity index is 425. The van der Waals surface area contributed by atoms with Gasteiger partial charge in [-0.15, -0.1) is 5.10 Å². The predicted molar refractivity (Wildman–Crippen MR) is 53.1 cm³/mol. The Morgan fingerprint density at radius 3 is 2.64 bits per heavy atom. The lowest BCUT2D eigenvalue weighted by atomic mass is 10.5. The lowest BCUT2D eigenvalue weighted by Crippen LogP contribution is -1.90. The fourth-order valence-corrected chi connectivity index (χ4v) is 1.10. The van der Waals surface area contributed by atoms with E-state index in [0.717, 1.165) is 10.2 Å². The summed E-state index contributed by atoms with van der Waals surface area (Å²) in [5.74, 6) is 0.463. The number of aromatic nitrogens is 4. The van der Waals surface area contributed by atoms with Gasteiger partial charge in [0, 0.05) is 24.2 Å². The van der Waals surface area contributed by atoms with Crippen LogP contribution in [0.15, 0.2) is 22.9 Å². The third-order valence-electron chi connectivity index (χ3n) is 1.47. The van der Waals surface area contributed by atoms with Crippen molar-refractivity contribution in [3.05, 3.63) is 28.6 Å². The van der Waals surface area contributed by atoms with E-state index in [1.54, 1.807) is 18.5 Å². The van der Waals surface area contributed by atoms with E-state index in [9.17, 15) is 0 Å². The topological polar surface area (TPSA) is 63.7 Å². The van der Waals surface area contributed by atoms with Crippen molar-refractivity contribution < 1.29 is 4.74 Å². The number of hydrogen-bond acceptors (Lipinski definition) is 4. The van der Waals surface area contributed by atoms with Gasteiger partial charge in [-0.05, 0) is 22.9 Å². The quantitative estimate of drug-likeness (QED) is 0.892. The summed E-state index contributed by atoms with van der Waals surface area (Å²) in [5.41, 5.74) is 0.928. The van der Waals surface area contributed by atoms with Gasteiger partial charge in [-0.2, -0.15) is 0 Å². The number of H-pyrrole nitrogens is 1. The average molecular weight is 255 g/mol. The van der Waals surface area contributed by atoms with Crippen molar-refractivity contribution in [1.82, 2.24) is 20.2 Å². The molecule has 0 atom stereocenters. The van der Waals surface area contributed by atoms with Gasteiger partial charge in [0.2, 0.25) is 5.88 Å². The first-order valence-corrected chi connectivity index (χ1v) is 4.71. The molecule has 0 unspecified atom stereocenters. The first-order chi connectivity index (χ1) is 6.74. The number of aromatic amines is 1. The van der Waals surface area contributed by atoms with E-state index in [4.69, 9.17) is 4.74 Å². The number of hydrogen-bond donors (Lipinski definition) is 1. The smallest absolute Gasteiger partial charge is 0.323 e. The number of nitrogens with one attached hydrogen (secondary N) is 1. The molecule has 2 aromatic rings. The molecule has 2 aromatic heterocycles. The van der Waals surface area contributed by atoms with Crippen LogP contribution in [0, 0.1) is 6.92 Å². The highest BCUT2D eigenvalue weighted by molar-refractivity contribution is 9.10. The summed E-state index contributed by atoms with van der Waals surface area (Å²) in [7, 11) is 0. The summed E-state index contributed by atoms with van der Waals surface area (Å²) in [4.78, 5) is 7.90. The van der Waals surface area contributed by atoms with Crippen molar-refractivity contribution in [2.75, 3.05) is 0 Å². The monoisotopic (exact) mass is 254 g/mol. The average Bonchev–Trinajstić information content (AvgIpc) is 2.56. The molecule has 5 nitrogen and oxygen atoms in total. The molecule has 0 saturated heterocycles. The molecule has 0 aliphatic rings. The van der Waals surface area contributed by atoms with Crippen LogP contribution in [-0.2, 0) is 0 Å². The van der Waals surface area contributed by atoms with Crippen molar-refractivity contribution >= 4 is 15.9 Å². The van der Waals surface area contributed by atoms with Crippen LogP contribution in [0.3, 0.4) is 0 Å². The zero-order valence-electron chi connectivity index (χ0n) is 7.36. The lowest BCUT2D eigenvalue weighted by molar-refractivity contribution is 0.423. The van der Waals surface area contributed by atoms with Crippen LogP contribution in [0.1, 0.15) is 5.69 Å². The molecular formula is C8H7BrN4O. The van der Waals surface area contributed by atoms with E-state index < -0.39 is 0 Å². The van der Waals surface area contributed by atoms with Crippen molar-refractivity contribution in [2.45, 2.75) is 6.92 Å². The SMILES string of the molecule is Cc1cc(Oc2ncc(Br)cn2)n[nH]1. The second kappa shape index (κ2) is 3.75. The third-order valence-corrected chi connectivity index (χ3v) is 1.88. The molecule has 6 heteroatoms. The number of rotatable bonds is 2. The second-order valence-corrected chi connectivity index (χ2v) is 3.59. The maximum Gasteiger partial charge on any atom is 0.323 e. The number of aryl methyl sites for hydroxylation is 1.